The van der Waals surface area contributed by atoms with Crippen LogP contribution >= 0.6 is 0 Å². The van der Waals surface area contributed by atoms with E-state index in [2.05, 4.69) is 15.0 Å². The lowest BCUT2D eigenvalue weighted by Crippen LogP contribution is -2.05. The number of nitriles is 1. The van der Waals surface area contributed by atoms with Crippen molar-refractivity contribution in [2.24, 2.45) is 10.2 Å². The first-order valence-corrected chi connectivity index (χ1v) is 5.14. The van der Waals surface area contributed by atoms with Crippen LogP contribution in [0.2, 0.25) is 0 Å². The van der Waals surface area contributed by atoms with Gasteiger partial charge in [0.25, 0.3) is 0 Å². The maximum atomic E-state index is 11.2. The fourth-order valence-corrected chi connectivity index (χ4v) is 1.04. The second-order valence-corrected chi connectivity index (χ2v) is 3.09. The highest BCUT2D eigenvalue weighted by molar-refractivity contribution is 5.87. The number of ether oxygens (including phenoxy) is 1. The van der Waals surface area contributed by atoms with Gasteiger partial charge in [0.05, 0.1) is 23.9 Å². The van der Waals surface area contributed by atoms with Crippen LogP contribution in [-0.4, -0.2) is 17.7 Å². The van der Waals surface area contributed by atoms with Crippen LogP contribution in [0.25, 0.3) is 0 Å². The van der Waals surface area contributed by atoms with Crippen molar-refractivity contribution < 1.29 is 14.6 Å². The van der Waals surface area contributed by atoms with Crippen LogP contribution in [0, 0.1) is 11.3 Å². The zero-order chi connectivity index (χ0) is 13.4. The molecule has 0 bridgehead atoms. The third-order valence-corrected chi connectivity index (χ3v) is 1.88. The Balaban J connectivity index is 2.78. The second-order valence-electron chi connectivity index (χ2n) is 3.09. The number of azo groups is 1. The molecule has 1 N–H and O–H groups in total. The summed E-state index contributed by atoms with van der Waals surface area (Å²) < 4.78 is 4.66. The maximum absolute atomic E-state index is 11.2. The minimum atomic E-state index is -0.752. The van der Waals surface area contributed by atoms with Gasteiger partial charge in [-0.2, -0.15) is 10.4 Å². The van der Waals surface area contributed by atoms with E-state index in [0.29, 0.717) is 17.5 Å². The summed E-state index contributed by atoms with van der Waals surface area (Å²) in [4.78, 5) is 11.2. The highest BCUT2D eigenvalue weighted by atomic mass is 16.5. The monoisotopic (exact) mass is 245 g/mol. The number of rotatable bonds is 4. The number of benzene rings is 1. The molecule has 0 saturated carbocycles. The van der Waals surface area contributed by atoms with E-state index in [1.54, 1.807) is 31.2 Å². The van der Waals surface area contributed by atoms with Crippen molar-refractivity contribution in [1.29, 1.82) is 5.26 Å². The largest absolute Gasteiger partial charge is 0.513 e. The summed E-state index contributed by atoms with van der Waals surface area (Å²) in [7, 11) is 0. The zero-order valence-electron chi connectivity index (χ0n) is 9.70. The second kappa shape index (κ2) is 6.81. The van der Waals surface area contributed by atoms with Gasteiger partial charge in [-0.15, -0.1) is 5.11 Å². The van der Waals surface area contributed by atoms with Crippen LogP contribution in [0.5, 0.6) is 0 Å². The van der Waals surface area contributed by atoms with E-state index in [4.69, 9.17) is 10.4 Å². The SMILES string of the molecule is CCOC(=O)C(=CO)N=Nc1ccc(C#N)cc1. The van der Waals surface area contributed by atoms with E-state index in [1.165, 1.54) is 0 Å². The molecule has 6 nitrogen and oxygen atoms in total. The van der Waals surface area contributed by atoms with Crippen LogP contribution in [0.1, 0.15) is 12.5 Å². The molecular formula is C12H11N3O3. The van der Waals surface area contributed by atoms with E-state index in [1.807, 2.05) is 6.07 Å². The lowest BCUT2D eigenvalue weighted by atomic mass is 10.2. The maximum Gasteiger partial charge on any atom is 0.362 e. The number of hydrogen-bond acceptors (Lipinski definition) is 6. The van der Waals surface area contributed by atoms with Gasteiger partial charge in [-0.25, -0.2) is 4.79 Å². The van der Waals surface area contributed by atoms with Crippen LogP contribution in [0.4, 0.5) is 5.69 Å². The molecule has 0 unspecified atom stereocenters. The molecule has 6 heteroatoms. The van der Waals surface area contributed by atoms with Crippen molar-refractivity contribution >= 4 is 11.7 Å². The quantitative estimate of drug-likeness (QED) is 0.381. The van der Waals surface area contributed by atoms with Crippen molar-refractivity contribution in [2.75, 3.05) is 6.61 Å². The first kappa shape index (κ1) is 13.4. The molecule has 92 valence electrons. The fourth-order valence-electron chi connectivity index (χ4n) is 1.04. The lowest BCUT2D eigenvalue weighted by Gasteiger charge is -1.99. The molecule has 1 aromatic rings. The summed E-state index contributed by atoms with van der Waals surface area (Å²) in [5.41, 5.74) is 0.663. The van der Waals surface area contributed by atoms with Crippen molar-refractivity contribution in [3.05, 3.63) is 41.8 Å². The number of esters is 1. The molecule has 0 amide bonds. The first-order valence-electron chi connectivity index (χ1n) is 5.14. The topological polar surface area (TPSA) is 95.0 Å². The predicted octanol–water partition coefficient (Wildman–Crippen LogP) is 2.60. The van der Waals surface area contributed by atoms with Gasteiger partial charge in [-0.3, -0.25) is 0 Å². The molecule has 0 radical (unpaired) electrons. The average molecular weight is 245 g/mol. The minimum absolute atomic E-state index is 0.183. The minimum Gasteiger partial charge on any atom is -0.513 e. The Morgan fingerprint density at radius 3 is 2.67 bits per heavy atom. The predicted molar refractivity (Wildman–Crippen MR) is 63.0 cm³/mol. The Morgan fingerprint density at radius 1 is 1.50 bits per heavy atom. The molecule has 0 aromatic heterocycles. The number of hydrogen-bond donors (Lipinski definition) is 1. The van der Waals surface area contributed by atoms with Crippen LogP contribution < -0.4 is 0 Å². The van der Waals surface area contributed by atoms with Gasteiger partial charge >= 0.3 is 5.97 Å². The van der Waals surface area contributed by atoms with Gasteiger partial charge in [-0.05, 0) is 31.2 Å². The summed E-state index contributed by atoms with van der Waals surface area (Å²) in [6.45, 7) is 1.83. The van der Waals surface area contributed by atoms with Crippen molar-refractivity contribution in [1.82, 2.24) is 0 Å². The Bertz CT molecular complexity index is 512. The molecule has 1 aromatic carbocycles. The molecule has 0 heterocycles. The van der Waals surface area contributed by atoms with Gasteiger partial charge in [0.2, 0.25) is 5.70 Å². The van der Waals surface area contributed by atoms with Crippen molar-refractivity contribution in [3.63, 3.8) is 0 Å². The van der Waals surface area contributed by atoms with Gasteiger partial charge < -0.3 is 9.84 Å². The van der Waals surface area contributed by atoms with E-state index >= 15 is 0 Å². The highest BCUT2D eigenvalue weighted by Crippen LogP contribution is 2.14. The molecule has 0 atom stereocenters. The summed E-state index contributed by atoms with van der Waals surface area (Å²) in [5.74, 6) is -0.752. The third kappa shape index (κ3) is 3.72. The first-order chi connectivity index (χ1) is 8.71. The molecule has 0 aliphatic carbocycles. The molecule has 0 spiro atoms. The lowest BCUT2D eigenvalue weighted by molar-refractivity contribution is -0.138. The Hall–Kier alpha value is -2.68. The van der Waals surface area contributed by atoms with Gasteiger partial charge in [0.1, 0.15) is 6.26 Å². The summed E-state index contributed by atoms with van der Waals surface area (Å²) in [5, 5.41) is 24.7. The highest BCUT2D eigenvalue weighted by Gasteiger charge is 2.09. The smallest absolute Gasteiger partial charge is 0.362 e. The van der Waals surface area contributed by atoms with Crippen molar-refractivity contribution in [3.8, 4) is 6.07 Å². The van der Waals surface area contributed by atoms with Gasteiger partial charge in [-0.1, -0.05) is 0 Å². The summed E-state index contributed by atoms with van der Waals surface area (Å²) >= 11 is 0. The average Bonchev–Trinajstić information content (AvgIpc) is 2.40. The summed E-state index contributed by atoms with van der Waals surface area (Å²) in [6.07, 6.45) is 0.533. The standard InChI is InChI=1S/C12H11N3O3/c1-2-18-12(17)11(8-16)15-14-10-5-3-9(7-13)4-6-10/h3-6,8,16H,2H2,1H3. The molecule has 0 saturated heterocycles. The fraction of sp³-hybridized carbons (Fsp3) is 0.167. The number of nitrogens with zero attached hydrogens (tertiary/aromatic N) is 3. The molecule has 0 fully saturated rings. The van der Waals surface area contributed by atoms with Crippen LogP contribution in [0.3, 0.4) is 0 Å². The Labute approximate surface area is 104 Å². The number of carbonyl (C=O) groups excluding carboxylic acids is 1. The van der Waals surface area contributed by atoms with E-state index in [9.17, 15) is 4.79 Å². The summed E-state index contributed by atoms with van der Waals surface area (Å²) in [6, 6.07) is 8.25. The number of carbonyl (C=O) groups is 1. The van der Waals surface area contributed by atoms with E-state index in [-0.39, 0.29) is 12.3 Å². The Kier molecular flexibility index (Phi) is 5.06. The number of aliphatic hydroxyl groups excluding tert-OH is 1. The Morgan fingerprint density at radius 2 is 2.17 bits per heavy atom. The van der Waals surface area contributed by atoms with Crippen LogP contribution in [-0.2, 0) is 9.53 Å². The van der Waals surface area contributed by atoms with Crippen LogP contribution in [0.15, 0.2) is 46.5 Å². The molecule has 1 rings (SSSR count). The number of aliphatic hydroxyl groups is 1. The third-order valence-electron chi connectivity index (χ3n) is 1.88. The molecule has 0 aliphatic rings. The van der Waals surface area contributed by atoms with Crippen molar-refractivity contribution in [2.45, 2.75) is 6.92 Å². The van der Waals surface area contributed by atoms with E-state index < -0.39 is 5.97 Å². The molecule has 18 heavy (non-hydrogen) atoms. The van der Waals surface area contributed by atoms with Gasteiger partial charge in [0.15, 0.2) is 0 Å². The van der Waals surface area contributed by atoms with Gasteiger partial charge in [0, 0.05) is 0 Å². The normalized spacial score (nSPS) is 11.2. The van der Waals surface area contributed by atoms with E-state index in [0.717, 1.165) is 0 Å². The molecule has 0 aliphatic heterocycles. The zero-order valence-corrected chi connectivity index (χ0v) is 9.70. The molecular weight excluding hydrogens is 234 g/mol.